The Balaban J connectivity index is 1.86. The summed E-state index contributed by atoms with van der Waals surface area (Å²) >= 11 is 1.74. The normalized spacial score (nSPS) is 10.4. The average Bonchev–Trinajstić information content (AvgIpc) is 2.94. The van der Waals surface area contributed by atoms with E-state index < -0.39 is 0 Å². The second-order valence-corrected chi connectivity index (χ2v) is 5.57. The van der Waals surface area contributed by atoms with Gasteiger partial charge in [-0.2, -0.15) is 11.8 Å². The van der Waals surface area contributed by atoms with Crippen molar-refractivity contribution in [3.63, 3.8) is 0 Å². The summed E-state index contributed by atoms with van der Waals surface area (Å²) in [6, 6.07) is 11.9. The molecule has 0 aliphatic carbocycles. The molecule has 0 fully saturated rings. The lowest BCUT2D eigenvalue weighted by Gasteiger charge is -2.06. The molecule has 0 saturated carbocycles. The maximum absolute atomic E-state index is 11.3. The number of carbonyl (C=O) groups excluding carboxylic acids is 1. The summed E-state index contributed by atoms with van der Waals surface area (Å²) in [7, 11) is 1.65. The van der Waals surface area contributed by atoms with Crippen molar-refractivity contribution in [2.24, 2.45) is 0 Å². The highest BCUT2D eigenvalue weighted by atomic mass is 32.2. The molecule has 2 N–H and O–H groups in total. The molecule has 0 unspecified atom stereocenters. The predicted molar refractivity (Wildman–Crippen MR) is 87.5 cm³/mol. The third kappa shape index (κ3) is 4.86. The molecule has 4 nitrogen and oxygen atoms in total. The molecule has 0 spiro atoms. The Morgan fingerprint density at radius 2 is 1.86 bits per heavy atom. The lowest BCUT2D eigenvalue weighted by atomic mass is 10.1. The molecule has 0 atom stereocenters. The first-order valence-electron chi connectivity index (χ1n) is 6.81. The topological polar surface area (TPSA) is 54.3 Å². The van der Waals surface area contributed by atoms with E-state index in [4.69, 9.17) is 4.42 Å². The van der Waals surface area contributed by atoms with E-state index in [0.29, 0.717) is 13.0 Å². The first-order valence-corrected chi connectivity index (χ1v) is 8.20. The van der Waals surface area contributed by atoms with Crippen molar-refractivity contribution in [2.75, 3.05) is 18.6 Å². The van der Waals surface area contributed by atoms with Gasteiger partial charge in [0, 0.05) is 12.7 Å². The van der Waals surface area contributed by atoms with Gasteiger partial charge in [-0.25, -0.2) is 0 Å². The van der Waals surface area contributed by atoms with E-state index >= 15 is 0 Å². The molecule has 0 aliphatic heterocycles. The maximum atomic E-state index is 11.3. The highest BCUT2D eigenvalue weighted by Gasteiger charge is 2.03. The monoisotopic (exact) mass is 304 g/mol. The van der Waals surface area contributed by atoms with Crippen LogP contribution in [0, 0.1) is 0 Å². The standard InChI is InChI=1S/C16H20N2O2S/c1-17-16(19)9-12-3-5-13(6-4-12)18-10-14-7-8-15(20-14)11-21-2/h3-8,18H,9-11H2,1-2H3,(H,17,19). The molecule has 1 aromatic heterocycles. The van der Waals surface area contributed by atoms with Crippen molar-refractivity contribution in [3.8, 4) is 0 Å². The number of carbonyl (C=O) groups is 1. The summed E-state index contributed by atoms with van der Waals surface area (Å²) in [6.45, 7) is 0.656. The Bertz CT molecular complexity index is 578. The van der Waals surface area contributed by atoms with Gasteiger partial charge < -0.3 is 15.1 Å². The SMILES string of the molecule is CNC(=O)Cc1ccc(NCc2ccc(CSC)o2)cc1. The molecule has 2 rings (SSSR count). The van der Waals surface area contributed by atoms with Crippen LogP contribution in [0.1, 0.15) is 17.1 Å². The van der Waals surface area contributed by atoms with Crippen LogP contribution in [-0.4, -0.2) is 19.2 Å². The lowest BCUT2D eigenvalue weighted by molar-refractivity contribution is -0.119. The fourth-order valence-corrected chi connectivity index (χ4v) is 2.38. The number of nitrogens with one attached hydrogen (secondary N) is 2. The summed E-state index contributed by atoms with van der Waals surface area (Å²) in [5, 5.41) is 5.93. The molecule has 1 aromatic carbocycles. The second-order valence-electron chi connectivity index (χ2n) is 4.70. The first kappa shape index (κ1) is 15.5. The number of hydrogen-bond acceptors (Lipinski definition) is 4. The number of anilines is 1. The molecule has 1 heterocycles. The zero-order valence-corrected chi connectivity index (χ0v) is 13.1. The van der Waals surface area contributed by atoms with Gasteiger partial charge in [-0.15, -0.1) is 0 Å². The largest absolute Gasteiger partial charge is 0.463 e. The quantitative estimate of drug-likeness (QED) is 0.825. The van der Waals surface area contributed by atoms with Gasteiger partial charge in [0.2, 0.25) is 5.91 Å². The summed E-state index contributed by atoms with van der Waals surface area (Å²) in [5.41, 5.74) is 2.01. The minimum atomic E-state index is 0.0209. The molecule has 0 radical (unpaired) electrons. The van der Waals surface area contributed by atoms with Crippen LogP contribution in [0.2, 0.25) is 0 Å². The smallest absolute Gasteiger partial charge is 0.224 e. The van der Waals surface area contributed by atoms with Gasteiger partial charge in [0.25, 0.3) is 0 Å². The van der Waals surface area contributed by atoms with Crippen LogP contribution in [-0.2, 0) is 23.5 Å². The maximum Gasteiger partial charge on any atom is 0.224 e. The third-order valence-corrected chi connectivity index (χ3v) is 3.64. The lowest BCUT2D eigenvalue weighted by Crippen LogP contribution is -2.19. The number of thioether (sulfide) groups is 1. The van der Waals surface area contributed by atoms with Crippen LogP contribution in [0.15, 0.2) is 40.8 Å². The molecule has 0 bridgehead atoms. The van der Waals surface area contributed by atoms with Crippen LogP contribution < -0.4 is 10.6 Å². The number of benzene rings is 1. The first-order chi connectivity index (χ1) is 10.2. The highest BCUT2D eigenvalue weighted by molar-refractivity contribution is 7.97. The van der Waals surface area contributed by atoms with E-state index in [1.807, 2.05) is 36.4 Å². The summed E-state index contributed by atoms with van der Waals surface area (Å²) in [5.74, 6) is 2.84. The van der Waals surface area contributed by atoms with Gasteiger partial charge in [-0.05, 0) is 36.1 Å². The van der Waals surface area contributed by atoms with Crippen LogP contribution in [0.25, 0.3) is 0 Å². The average molecular weight is 304 g/mol. The van der Waals surface area contributed by atoms with Gasteiger partial charge in [-0.1, -0.05) is 12.1 Å². The van der Waals surface area contributed by atoms with Crippen LogP contribution >= 0.6 is 11.8 Å². The van der Waals surface area contributed by atoms with E-state index in [2.05, 4.69) is 16.9 Å². The molecule has 21 heavy (non-hydrogen) atoms. The Kier molecular flexibility index (Phi) is 5.75. The zero-order chi connectivity index (χ0) is 15.1. The Morgan fingerprint density at radius 3 is 2.52 bits per heavy atom. The molecule has 112 valence electrons. The van der Waals surface area contributed by atoms with Crippen LogP contribution in [0.5, 0.6) is 0 Å². The van der Waals surface area contributed by atoms with Crippen molar-refractivity contribution in [1.82, 2.24) is 5.32 Å². The summed E-state index contributed by atoms with van der Waals surface area (Å²) in [6.07, 6.45) is 2.47. The van der Waals surface area contributed by atoms with E-state index in [1.165, 1.54) is 0 Å². The highest BCUT2D eigenvalue weighted by Crippen LogP contribution is 2.16. The Labute approximate surface area is 129 Å². The van der Waals surface area contributed by atoms with Gasteiger partial charge >= 0.3 is 0 Å². The van der Waals surface area contributed by atoms with Gasteiger partial charge in [0.05, 0.1) is 18.7 Å². The number of furan rings is 1. The van der Waals surface area contributed by atoms with Gasteiger partial charge in [0.1, 0.15) is 11.5 Å². The number of hydrogen-bond donors (Lipinski definition) is 2. The van der Waals surface area contributed by atoms with Crippen molar-refractivity contribution in [2.45, 2.75) is 18.7 Å². The number of rotatable bonds is 7. The predicted octanol–water partition coefficient (Wildman–Crippen LogP) is 3.04. The molecular weight excluding hydrogens is 284 g/mol. The molecule has 1 amide bonds. The van der Waals surface area contributed by atoms with Crippen LogP contribution in [0.4, 0.5) is 5.69 Å². The van der Waals surface area contributed by atoms with Crippen molar-refractivity contribution >= 4 is 23.4 Å². The molecular formula is C16H20N2O2S. The minimum absolute atomic E-state index is 0.0209. The number of amides is 1. The van der Waals surface area contributed by atoms with Gasteiger partial charge in [-0.3, -0.25) is 4.79 Å². The van der Waals surface area contributed by atoms with Gasteiger partial charge in [0.15, 0.2) is 0 Å². The zero-order valence-electron chi connectivity index (χ0n) is 12.3. The Hall–Kier alpha value is -1.88. The number of likely N-dealkylation sites (N-methyl/N-ethyl adjacent to an activating group) is 1. The summed E-state index contributed by atoms with van der Waals surface area (Å²) in [4.78, 5) is 11.3. The molecule has 2 aromatic rings. The van der Waals surface area contributed by atoms with E-state index in [9.17, 15) is 4.79 Å². The molecule has 0 aliphatic rings. The van der Waals surface area contributed by atoms with E-state index in [0.717, 1.165) is 28.5 Å². The van der Waals surface area contributed by atoms with Crippen molar-refractivity contribution in [1.29, 1.82) is 0 Å². The van der Waals surface area contributed by atoms with E-state index in [1.54, 1.807) is 18.8 Å². The fraction of sp³-hybridized carbons (Fsp3) is 0.312. The van der Waals surface area contributed by atoms with E-state index in [-0.39, 0.29) is 5.91 Å². The molecule has 5 heteroatoms. The van der Waals surface area contributed by atoms with Crippen molar-refractivity contribution in [3.05, 3.63) is 53.5 Å². The second kappa shape index (κ2) is 7.78. The fourth-order valence-electron chi connectivity index (χ4n) is 1.94. The van der Waals surface area contributed by atoms with Crippen LogP contribution in [0.3, 0.4) is 0 Å². The third-order valence-electron chi connectivity index (χ3n) is 3.07. The summed E-state index contributed by atoms with van der Waals surface area (Å²) < 4.78 is 5.70. The molecule has 0 saturated heterocycles. The minimum Gasteiger partial charge on any atom is -0.463 e. The Morgan fingerprint density at radius 1 is 1.14 bits per heavy atom. The van der Waals surface area contributed by atoms with Crippen molar-refractivity contribution < 1.29 is 9.21 Å².